The molecule has 0 aliphatic rings. The molecular formula is C24H25NO6. The van der Waals surface area contributed by atoms with Gasteiger partial charge in [-0.05, 0) is 57.9 Å². The fourth-order valence-electron chi connectivity index (χ4n) is 3.13. The van der Waals surface area contributed by atoms with E-state index >= 15 is 0 Å². The van der Waals surface area contributed by atoms with Crippen LogP contribution in [0.5, 0.6) is 5.75 Å². The molecule has 0 aliphatic carbocycles. The number of amides is 1. The minimum absolute atomic E-state index is 0.234. The molecule has 31 heavy (non-hydrogen) atoms. The number of fused-ring (bicyclic) bond motifs is 1. The molecule has 1 amide bonds. The lowest BCUT2D eigenvalue weighted by atomic mass is 10.1. The van der Waals surface area contributed by atoms with Crippen LogP contribution in [0.1, 0.15) is 43.5 Å². The maximum absolute atomic E-state index is 13.1. The van der Waals surface area contributed by atoms with Gasteiger partial charge in [-0.1, -0.05) is 30.3 Å². The molecule has 0 aliphatic heterocycles. The first-order chi connectivity index (χ1) is 14.5. The number of hydrogen-bond donors (Lipinski definition) is 1. The van der Waals surface area contributed by atoms with Crippen LogP contribution < -0.4 is 15.7 Å². The Morgan fingerprint density at radius 2 is 1.71 bits per heavy atom. The van der Waals surface area contributed by atoms with Crippen LogP contribution in [-0.2, 0) is 9.53 Å². The van der Waals surface area contributed by atoms with Crippen LogP contribution in [0.25, 0.3) is 11.0 Å². The zero-order chi connectivity index (χ0) is 22.8. The summed E-state index contributed by atoms with van der Waals surface area (Å²) < 4.78 is 16.2. The van der Waals surface area contributed by atoms with Gasteiger partial charge in [0, 0.05) is 17.0 Å². The summed E-state index contributed by atoms with van der Waals surface area (Å²) in [4.78, 5) is 37.2. The molecule has 1 heterocycles. The SMILES string of the molecule is Cc1cc(=O)oc2c(C)c(OC(=O)[C@@H](NC(=O)OC(C)(C)C)c3ccccc3)ccc12. The number of esters is 1. The van der Waals surface area contributed by atoms with Crippen LogP contribution in [-0.4, -0.2) is 17.7 Å². The van der Waals surface area contributed by atoms with Crippen molar-refractivity contribution in [2.75, 3.05) is 0 Å². The highest BCUT2D eigenvalue weighted by Gasteiger charge is 2.28. The Hall–Kier alpha value is -3.61. The summed E-state index contributed by atoms with van der Waals surface area (Å²) in [6.07, 6.45) is -0.741. The monoisotopic (exact) mass is 423 g/mol. The third-order valence-corrected chi connectivity index (χ3v) is 4.56. The van der Waals surface area contributed by atoms with Crippen molar-refractivity contribution in [2.45, 2.75) is 46.3 Å². The molecule has 3 aromatic rings. The number of benzene rings is 2. The number of carbonyl (C=O) groups is 2. The van der Waals surface area contributed by atoms with Crippen LogP contribution in [0, 0.1) is 13.8 Å². The van der Waals surface area contributed by atoms with Crippen LogP contribution in [0.2, 0.25) is 0 Å². The number of nitrogens with one attached hydrogen (secondary N) is 1. The van der Waals surface area contributed by atoms with E-state index in [9.17, 15) is 14.4 Å². The van der Waals surface area contributed by atoms with Crippen molar-refractivity contribution in [1.29, 1.82) is 0 Å². The molecule has 162 valence electrons. The van der Waals surface area contributed by atoms with Gasteiger partial charge in [0.2, 0.25) is 0 Å². The number of alkyl carbamates (subject to hydrolysis) is 1. The van der Waals surface area contributed by atoms with Gasteiger partial charge < -0.3 is 19.2 Å². The molecule has 0 unspecified atom stereocenters. The lowest BCUT2D eigenvalue weighted by Gasteiger charge is -2.23. The van der Waals surface area contributed by atoms with Gasteiger partial charge in [-0.25, -0.2) is 14.4 Å². The lowest BCUT2D eigenvalue weighted by Crippen LogP contribution is -2.39. The van der Waals surface area contributed by atoms with Crippen LogP contribution in [0.15, 0.2) is 57.7 Å². The zero-order valence-electron chi connectivity index (χ0n) is 18.1. The standard InChI is InChI=1S/C24H25NO6/c1-14-13-19(26)30-21-15(2)18(12-11-17(14)21)29-22(27)20(16-9-7-6-8-10-16)25-23(28)31-24(3,4)5/h6-13,20H,1-5H3,(H,25,28)/t20-/m0/s1. The highest BCUT2D eigenvalue weighted by atomic mass is 16.6. The van der Waals surface area contributed by atoms with Gasteiger partial charge in [-0.2, -0.15) is 0 Å². The van der Waals surface area contributed by atoms with Gasteiger partial charge >= 0.3 is 17.7 Å². The van der Waals surface area contributed by atoms with Crippen molar-refractivity contribution in [3.8, 4) is 5.75 Å². The van der Waals surface area contributed by atoms with Crippen molar-refractivity contribution < 1.29 is 23.5 Å². The molecule has 0 bridgehead atoms. The Morgan fingerprint density at radius 1 is 1.03 bits per heavy atom. The molecule has 7 heteroatoms. The summed E-state index contributed by atoms with van der Waals surface area (Å²) in [6.45, 7) is 8.70. The molecular weight excluding hydrogens is 398 g/mol. The Labute approximate surface area is 180 Å². The first-order valence-electron chi connectivity index (χ1n) is 9.85. The second kappa shape index (κ2) is 8.63. The first-order valence-corrected chi connectivity index (χ1v) is 9.85. The van der Waals surface area contributed by atoms with Crippen molar-refractivity contribution in [2.24, 2.45) is 0 Å². The van der Waals surface area contributed by atoms with Gasteiger partial charge in [-0.3, -0.25) is 0 Å². The van der Waals surface area contributed by atoms with Crippen molar-refractivity contribution >= 4 is 23.0 Å². The molecule has 1 atom stereocenters. The van der Waals surface area contributed by atoms with Gasteiger partial charge in [0.05, 0.1) is 0 Å². The van der Waals surface area contributed by atoms with E-state index in [-0.39, 0.29) is 5.75 Å². The van der Waals surface area contributed by atoms with E-state index in [1.807, 2.05) is 0 Å². The van der Waals surface area contributed by atoms with Gasteiger partial charge in [0.25, 0.3) is 0 Å². The second-order valence-corrected chi connectivity index (χ2v) is 8.22. The molecule has 0 spiro atoms. The first kappa shape index (κ1) is 22.1. The van der Waals surface area contributed by atoms with Crippen molar-refractivity contribution in [3.05, 3.63) is 75.6 Å². The maximum atomic E-state index is 13.1. The van der Waals surface area contributed by atoms with E-state index in [2.05, 4.69) is 5.32 Å². The quantitative estimate of drug-likeness (QED) is 0.375. The predicted octanol–water partition coefficient (Wildman–Crippen LogP) is 4.58. The van der Waals surface area contributed by atoms with Crippen LogP contribution in [0.3, 0.4) is 0 Å². The Morgan fingerprint density at radius 3 is 2.35 bits per heavy atom. The molecule has 0 fully saturated rings. The highest BCUT2D eigenvalue weighted by Crippen LogP contribution is 2.29. The summed E-state index contributed by atoms with van der Waals surface area (Å²) in [5, 5.41) is 3.33. The van der Waals surface area contributed by atoms with E-state index in [0.717, 1.165) is 10.9 Å². The molecule has 0 radical (unpaired) electrons. The maximum Gasteiger partial charge on any atom is 0.408 e. The minimum atomic E-state index is -1.09. The topological polar surface area (TPSA) is 94.8 Å². The van der Waals surface area contributed by atoms with Gasteiger partial charge in [-0.15, -0.1) is 0 Å². The summed E-state index contributed by atoms with van der Waals surface area (Å²) in [5.41, 5.74) is 0.965. The normalized spacial score (nSPS) is 12.3. The molecule has 1 N–H and O–H groups in total. The van der Waals surface area contributed by atoms with E-state index in [1.54, 1.807) is 77.1 Å². The minimum Gasteiger partial charge on any atom is -0.444 e. The number of carbonyl (C=O) groups excluding carboxylic acids is 2. The Bertz CT molecular complexity index is 1170. The fraction of sp³-hybridized carbons (Fsp3) is 0.292. The number of ether oxygens (including phenoxy) is 2. The molecule has 0 saturated carbocycles. The molecule has 2 aromatic carbocycles. The summed E-state index contributed by atoms with van der Waals surface area (Å²) in [7, 11) is 0. The average molecular weight is 423 g/mol. The Kier molecular flexibility index (Phi) is 6.15. The van der Waals surface area contributed by atoms with Gasteiger partial charge in [0.1, 0.15) is 16.9 Å². The third kappa shape index (κ3) is 5.31. The molecule has 0 saturated heterocycles. The second-order valence-electron chi connectivity index (χ2n) is 8.22. The summed E-state index contributed by atoms with van der Waals surface area (Å²) in [6, 6.07) is 12.4. The van der Waals surface area contributed by atoms with Crippen molar-refractivity contribution in [1.82, 2.24) is 5.32 Å². The number of hydrogen-bond acceptors (Lipinski definition) is 6. The molecule has 3 rings (SSSR count). The molecule has 7 nitrogen and oxygen atoms in total. The van der Waals surface area contributed by atoms with Crippen LogP contribution in [0.4, 0.5) is 4.79 Å². The van der Waals surface area contributed by atoms with Gasteiger partial charge in [0.15, 0.2) is 6.04 Å². The Balaban J connectivity index is 1.92. The number of rotatable bonds is 4. The number of aryl methyl sites for hydroxylation is 2. The van der Waals surface area contributed by atoms with Crippen LogP contribution >= 0.6 is 0 Å². The van der Waals surface area contributed by atoms with E-state index < -0.39 is 29.3 Å². The smallest absolute Gasteiger partial charge is 0.408 e. The van der Waals surface area contributed by atoms with Crippen molar-refractivity contribution in [3.63, 3.8) is 0 Å². The van der Waals surface area contributed by atoms with E-state index in [1.165, 1.54) is 6.07 Å². The summed E-state index contributed by atoms with van der Waals surface area (Å²) in [5.74, 6) is -0.465. The zero-order valence-corrected chi connectivity index (χ0v) is 18.1. The van der Waals surface area contributed by atoms with E-state index in [4.69, 9.17) is 13.9 Å². The molecule has 1 aromatic heterocycles. The summed E-state index contributed by atoms with van der Waals surface area (Å²) >= 11 is 0. The fourth-order valence-corrected chi connectivity index (χ4v) is 3.13. The lowest BCUT2D eigenvalue weighted by molar-refractivity contribution is -0.137. The average Bonchev–Trinajstić information content (AvgIpc) is 2.68. The third-order valence-electron chi connectivity index (χ3n) is 4.56. The predicted molar refractivity (Wildman–Crippen MR) is 116 cm³/mol. The largest absolute Gasteiger partial charge is 0.444 e. The van der Waals surface area contributed by atoms with E-state index in [0.29, 0.717) is 16.7 Å². The highest BCUT2D eigenvalue weighted by molar-refractivity contribution is 5.88.